The van der Waals surface area contributed by atoms with Crippen molar-refractivity contribution in [2.24, 2.45) is 0 Å². The standard InChI is InChI=1S/C18H19N3/c1-2-6-15-13(4-1)5-3-7-16(15)18-17(12-20-21-18)14-8-10-19-11-9-14/h1-7,12,14,19H,8-11H2,(H,20,21). The molecule has 0 amide bonds. The van der Waals surface area contributed by atoms with Crippen molar-refractivity contribution in [1.29, 1.82) is 0 Å². The second kappa shape index (κ2) is 5.34. The number of fused-ring (bicyclic) bond motifs is 1. The lowest BCUT2D eigenvalue weighted by atomic mass is 9.88. The molecule has 0 bridgehead atoms. The highest BCUT2D eigenvalue weighted by Gasteiger charge is 2.21. The summed E-state index contributed by atoms with van der Waals surface area (Å²) in [7, 11) is 0. The fourth-order valence-corrected chi connectivity index (χ4v) is 3.40. The van der Waals surface area contributed by atoms with Gasteiger partial charge in [0.1, 0.15) is 0 Å². The Morgan fingerprint density at radius 3 is 2.67 bits per heavy atom. The molecule has 1 saturated heterocycles. The average molecular weight is 277 g/mol. The molecule has 1 aliphatic heterocycles. The monoisotopic (exact) mass is 277 g/mol. The van der Waals surface area contributed by atoms with E-state index in [2.05, 4.69) is 58.0 Å². The van der Waals surface area contributed by atoms with E-state index in [1.165, 1.54) is 40.4 Å². The molecule has 2 N–H and O–H groups in total. The number of benzene rings is 2. The molecule has 21 heavy (non-hydrogen) atoms. The lowest BCUT2D eigenvalue weighted by molar-refractivity contribution is 0.461. The highest BCUT2D eigenvalue weighted by molar-refractivity contribution is 5.96. The normalized spacial score (nSPS) is 16.4. The Morgan fingerprint density at radius 1 is 0.952 bits per heavy atom. The first kappa shape index (κ1) is 12.6. The molecule has 0 unspecified atom stereocenters. The van der Waals surface area contributed by atoms with Gasteiger partial charge in [0, 0.05) is 11.1 Å². The molecule has 3 aromatic rings. The van der Waals surface area contributed by atoms with Crippen molar-refractivity contribution in [1.82, 2.24) is 15.5 Å². The molecule has 1 aromatic heterocycles. The van der Waals surface area contributed by atoms with Gasteiger partial charge in [-0.05, 0) is 42.6 Å². The summed E-state index contributed by atoms with van der Waals surface area (Å²) in [5.74, 6) is 0.610. The zero-order chi connectivity index (χ0) is 14.1. The van der Waals surface area contributed by atoms with Gasteiger partial charge in [0.05, 0.1) is 11.9 Å². The van der Waals surface area contributed by atoms with Crippen molar-refractivity contribution in [3.63, 3.8) is 0 Å². The summed E-state index contributed by atoms with van der Waals surface area (Å²) in [5, 5.41) is 13.6. The van der Waals surface area contributed by atoms with Crippen LogP contribution in [0, 0.1) is 0 Å². The Morgan fingerprint density at radius 2 is 1.76 bits per heavy atom. The molecular formula is C18H19N3. The number of aromatic amines is 1. The molecule has 1 fully saturated rings. The topological polar surface area (TPSA) is 40.7 Å². The maximum atomic E-state index is 4.34. The Balaban J connectivity index is 1.84. The first-order valence-corrected chi connectivity index (χ1v) is 7.65. The van der Waals surface area contributed by atoms with Crippen LogP contribution in [-0.4, -0.2) is 23.3 Å². The third-order valence-electron chi connectivity index (χ3n) is 4.51. The largest absolute Gasteiger partial charge is 0.317 e. The third kappa shape index (κ3) is 2.24. The summed E-state index contributed by atoms with van der Waals surface area (Å²) in [5.41, 5.74) is 3.82. The van der Waals surface area contributed by atoms with Crippen LogP contribution in [0.3, 0.4) is 0 Å². The van der Waals surface area contributed by atoms with Crippen molar-refractivity contribution < 1.29 is 0 Å². The zero-order valence-electron chi connectivity index (χ0n) is 12.0. The van der Waals surface area contributed by atoms with Crippen LogP contribution in [0.1, 0.15) is 24.3 Å². The van der Waals surface area contributed by atoms with Gasteiger partial charge in [-0.25, -0.2) is 0 Å². The average Bonchev–Trinajstić information content (AvgIpc) is 3.04. The second-order valence-corrected chi connectivity index (χ2v) is 5.75. The Bertz CT molecular complexity index is 749. The van der Waals surface area contributed by atoms with E-state index in [-0.39, 0.29) is 0 Å². The van der Waals surface area contributed by atoms with Gasteiger partial charge in [0.25, 0.3) is 0 Å². The summed E-state index contributed by atoms with van der Waals surface area (Å²) >= 11 is 0. The maximum Gasteiger partial charge on any atom is 0.0691 e. The smallest absolute Gasteiger partial charge is 0.0691 e. The van der Waals surface area contributed by atoms with E-state index in [4.69, 9.17) is 0 Å². The van der Waals surface area contributed by atoms with Gasteiger partial charge in [-0.1, -0.05) is 42.5 Å². The minimum Gasteiger partial charge on any atom is -0.317 e. The van der Waals surface area contributed by atoms with E-state index in [0.29, 0.717) is 5.92 Å². The molecule has 2 heterocycles. The van der Waals surface area contributed by atoms with Crippen molar-refractivity contribution in [3.05, 3.63) is 54.2 Å². The van der Waals surface area contributed by atoms with E-state index >= 15 is 0 Å². The number of nitrogens with one attached hydrogen (secondary N) is 2. The number of piperidine rings is 1. The predicted molar refractivity (Wildman–Crippen MR) is 86.4 cm³/mol. The number of nitrogens with zero attached hydrogens (tertiary/aromatic N) is 1. The summed E-state index contributed by atoms with van der Waals surface area (Å²) in [6.45, 7) is 2.20. The number of H-pyrrole nitrogens is 1. The van der Waals surface area contributed by atoms with Crippen molar-refractivity contribution in [3.8, 4) is 11.3 Å². The van der Waals surface area contributed by atoms with Gasteiger partial charge in [0.15, 0.2) is 0 Å². The maximum absolute atomic E-state index is 4.34. The minimum atomic E-state index is 0.610. The Kier molecular flexibility index (Phi) is 3.20. The molecule has 3 heteroatoms. The van der Waals surface area contributed by atoms with Crippen LogP contribution >= 0.6 is 0 Å². The number of rotatable bonds is 2. The molecule has 4 rings (SSSR count). The second-order valence-electron chi connectivity index (χ2n) is 5.75. The number of hydrogen-bond acceptors (Lipinski definition) is 2. The Hall–Kier alpha value is -2.13. The molecule has 106 valence electrons. The summed E-state index contributed by atoms with van der Waals surface area (Å²) in [4.78, 5) is 0. The highest BCUT2D eigenvalue weighted by atomic mass is 15.1. The van der Waals surface area contributed by atoms with Crippen LogP contribution in [0.4, 0.5) is 0 Å². The van der Waals surface area contributed by atoms with Gasteiger partial charge in [-0.3, -0.25) is 5.10 Å². The lowest BCUT2D eigenvalue weighted by Gasteiger charge is -2.23. The first-order valence-electron chi connectivity index (χ1n) is 7.65. The van der Waals surface area contributed by atoms with Crippen molar-refractivity contribution in [2.45, 2.75) is 18.8 Å². The summed E-state index contributed by atoms with van der Waals surface area (Å²) in [6, 6.07) is 15.0. The fourth-order valence-electron chi connectivity index (χ4n) is 3.40. The molecule has 0 aliphatic carbocycles. The molecular weight excluding hydrogens is 258 g/mol. The van der Waals surface area contributed by atoms with E-state index in [1.54, 1.807) is 0 Å². The molecule has 0 spiro atoms. The van der Waals surface area contributed by atoms with Gasteiger partial charge in [-0.15, -0.1) is 0 Å². The van der Waals surface area contributed by atoms with Crippen LogP contribution in [0.2, 0.25) is 0 Å². The quantitative estimate of drug-likeness (QED) is 0.750. The van der Waals surface area contributed by atoms with Crippen LogP contribution in [-0.2, 0) is 0 Å². The molecule has 2 aromatic carbocycles. The summed E-state index contributed by atoms with van der Waals surface area (Å²) in [6.07, 6.45) is 4.40. The number of aromatic nitrogens is 2. The molecule has 0 saturated carbocycles. The molecule has 1 aliphatic rings. The minimum absolute atomic E-state index is 0.610. The number of hydrogen-bond donors (Lipinski definition) is 2. The van der Waals surface area contributed by atoms with E-state index in [0.717, 1.165) is 13.1 Å². The van der Waals surface area contributed by atoms with Crippen LogP contribution in [0.5, 0.6) is 0 Å². The van der Waals surface area contributed by atoms with Crippen LogP contribution in [0.15, 0.2) is 48.7 Å². The first-order chi connectivity index (χ1) is 10.4. The molecule has 0 radical (unpaired) electrons. The van der Waals surface area contributed by atoms with Gasteiger partial charge < -0.3 is 5.32 Å². The van der Waals surface area contributed by atoms with E-state index in [1.807, 2.05) is 6.20 Å². The van der Waals surface area contributed by atoms with Gasteiger partial charge >= 0.3 is 0 Å². The predicted octanol–water partition coefficient (Wildman–Crippen LogP) is 3.70. The summed E-state index contributed by atoms with van der Waals surface area (Å²) < 4.78 is 0. The fraction of sp³-hybridized carbons (Fsp3) is 0.278. The van der Waals surface area contributed by atoms with E-state index in [9.17, 15) is 0 Å². The molecule has 0 atom stereocenters. The van der Waals surface area contributed by atoms with Crippen molar-refractivity contribution in [2.75, 3.05) is 13.1 Å². The van der Waals surface area contributed by atoms with Gasteiger partial charge in [0.2, 0.25) is 0 Å². The van der Waals surface area contributed by atoms with Gasteiger partial charge in [-0.2, -0.15) is 5.10 Å². The SMILES string of the molecule is c1ccc2c(-c3[nH]ncc3C3CCNCC3)cccc2c1. The lowest BCUT2D eigenvalue weighted by Crippen LogP contribution is -2.26. The zero-order valence-corrected chi connectivity index (χ0v) is 12.0. The van der Waals surface area contributed by atoms with Crippen LogP contribution < -0.4 is 5.32 Å². The highest BCUT2D eigenvalue weighted by Crippen LogP contribution is 2.35. The van der Waals surface area contributed by atoms with Crippen molar-refractivity contribution >= 4 is 10.8 Å². The Labute approximate surface area is 124 Å². The third-order valence-corrected chi connectivity index (χ3v) is 4.51. The van der Waals surface area contributed by atoms with Crippen LogP contribution in [0.25, 0.3) is 22.0 Å². The van der Waals surface area contributed by atoms with E-state index < -0.39 is 0 Å². The molecule has 3 nitrogen and oxygen atoms in total.